The average molecular weight is 272 g/mol. The van der Waals surface area contributed by atoms with Crippen molar-refractivity contribution in [3.05, 3.63) is 36.0 Å². The maximum absolute atomic E-state index is 11.8. The summed E-state index contributed by atoms with van der Waals surface area (Å²) in [5, 5.41) is 3.44. The summed E-state index contributed by atoms with van der Waals surface area (Å²) in [6, 6.07) is 8.65. The van der Waals surface area contributed by atoms with E-state index in [1.807, 2.05) is 0 Å². The fourth-order valence-corrected chi connectivity index (χ4v) is 1.76. The number of aldehydes is 1. The van der Waals surface area contributed by atoms with E-state index in [0.717, 1.165) is 5.39 Å². The van der Waals surface area contributed by atoms with Crippen molar-refractivity contribution in [2.24, 2.45) is 0 Å². The number of amides is 1. The van der Waals surface area contributed by atoms with Crippen molar-refractivity contribution in [2.75, 3.05) is 5.32 Å². The lowest BCUT2D eigenvalue weighted by atomic mass is 10.1. The van der Waals surface area contributed by atoms with Crippen LogP contribution >= 0.6 is 0 Å². The Morgan fingerprint density at radius 2 is 2.00 bits per heavy atom. The number of nitrogens with zero attached hydrogens (tertiary/aromatic N) is 1. The molecule has 1 N–H and O–H groups in total. The van der Waals surface area contributed by atoms with Crippen molar-refractivity contribution in [3.8, 4) is 0 Å². The van der Waals surface area contributed by atoms with E-state index in [4.69, 9.17) is 4.74 Å². The molecular weight excluding hydrogens is 256 g/mol. The van der Waals surface area contributed by atoms with Gasteiger partial charge in [0.25, 0.3) is 0 Å². The number of nitrogens with one attached hydrogen (secondary N) is 1. The van der Waals surface area contributed by atoms with Gasteiger partial charge in [0.15, 0.2) is 6.29 Å². The van der Waals surface area contributed by atoms with Crippen LogP contribution in [-0.2, 0) is 4.74 Å². The molecule has 0 spiro atoms. The van der Waals surface area contributed by atoms with Gasteiger partial charge in [-0.1, -0.05) is 6.07 Å². The number of ether oxygens (including phenoxy) is 1. The first-order valence-electron chi connectivity index (χ1n) is 6.24. The molecular formula is C15H16N2O3. The highest BCUT2D eigenvalue weighted by Crippen LogP contribution is 2.22. The maximum Gasteiger partial charge on any atom is 0.412 e. The summed E-state index contributed by atoms with van der Waals surface area (Å²) in [7, 11) is 0. The molecule has 2 rings (SSSR count). The van der Waals surface area contributed by atoms with E-state index in [1.54, 1.807) is 51.1 Å². The third-order valence-electron chi connectivity index (χ3n) is 2.51. The predicted molar refractivity (Wildman–Crippen MR) is 77.0 cm³/mol. The Balaban J connectivity index is 2.31. The molecule has 104 valence electrons. The second-order valence-corrected chi connectivity index (χ2v) is 5.35. The van der Waals surface area contributed by atoms with Crippen LogP contribution in [0.5, 0.6) is 0 Å². The molecule has 0 aliphatic heterocycles. The highest BCUT2D eigenvalue weighted by Gasteiger charge is 2.16. The molecule has 0 unspecified atom stereocenters. The normalized spacial score (nSPS) is 11.2. The lowest BCUT2D eigenvalue weighted by molar-refractivity contribution is 0.0636. The molecule has 0 atom stereocenters. The summed E-state index contributed by atoms with van der Waals surface area (Å²) < 4.78 is 5.21. The Morgan fingerprint density at radius 3 is 2.65 bits per heavy atom. The number of aromatic nitrogens is 1. The molecule has 2 aromatic rings. The molecule has 0 aliphatic rings. The molecule has 1 aromatic carbocycles. The van der Waals surface area contributed by atoms with Gasteiger partial charge >= 0.3 is 6.09 Å². The molecule has 0 saturated carbocycles. The topological polar surface area (TPSA) is 68.3 Å². The van der Waals surface area contributed by atoms with E-state index in [-0.39, 0.29) is 0 Å². The first kappa shape index (κ1) is 14.0. The number of carbonyl (C=O) groups excluding carboxylic acids is 2. The van der Waals surface area contributed by atoms with Crippen LogP contribution in [0.2, 0.25) is 0 Å². The van der Waals surface area contributed by atoms with Gasteiger partial charge in [0.2, 0.25) is 0 Å². The van der Waals surface area contributed by atoms with Crippen molar-refractivity contribution in [3.63, 3.8) is 0 Å². The monoisotopic (exact) mass is 272 g/mol. The first-order valence-corrected chi connectivity index (χ1v) is 6.24. The Kier molecular flexibility index (Phi) is 3.70. The van der Waals surface area contributed by atoms with Crippen molar-refractivity contribution in [2.45, 2.75) is 26.4 Å². The third-order valence-corrected chi connectivity index (χ3v) is 2.51. The Bertz CT molecular complexity index is 660. The van der Waals surface area contributed by atoms with Gasteiger partial charge in [-0.3, -0.25) is 10.1 Å². The fourth-order valence-electron chi connectivity index (χ4n) is 1.76. The zero-order valence-corrected chi connectivity index (χ0v) is 11.6. The van der Waals surface area contributed by atoms with E-state index in [2.05, 4.69) is 10.3 Å². The zero-order chi connectivity index (χ0) is 14.8. The number of carbonyl (C=O) groups is 2. The minimum atomic E-state index is -0.558. The SMILES string of the molecule is CC(C)(C)OC(=O)Nc1cccc2nc(C=O)ccc12. The number of fused-ring (bicyclic) bond motifs is 1. The van der Waals surface area contributed by atoms with Crippen LogP contribution in [0.1, 0.15) is 31.3 Å². The van der Waals surface area contributed by atoms with Gasteiger partial charge in [0.1, 0.15) is 11.3 Å². The van der Waals surface area contributed by atoms with Crippen LogP contribution in [-0.4, -0.2) is 23.0 Å². The molecule has 0 aliphatic carbocycles. The minimum absolute atomic E-state index is 0.354. The summed E-state index contributed by atoms with van der Waals surface area (Å²) in [4.78, 5) is 26.7. The summed E-state index contributed by atoms with van der Waals surface area (Å²) in [5.74, 6) is 0. The van der Waals surface area contributed by atoms with Gasteiger partial charge in [0, 0.05) is 5.39 Å². The van der Waals surface area contributed by atoms with Crippen molar-refractivity contribution in [1.29, 1.82) is 0 Å². The number of hydrogen-bond donors (Lipinski definition) is 1. The lowest BCUT2D eigenvalue weighted by Crippen LogP contribution is -2.27. The molecule has 1 amide bonds. The van der Waals surface area contributed by atoms with Gasteiger partial charge in [0.05, 0.1) is 11.2 Å². The minimum Gasteiger partial charge on any atom is -0.444 e. The standard InChI is InChI=1S/C15H16N2O3/c1-15(2,3)20-14(19)17-13-6-4-5-12-11(13)8-7-10(9-18)16-12/h4-9H,1-3H3,(H,17,19). The number of hydrogen-bond acceptors (Lipinski definition) is 4. The molecule has 5 nitrogen and oxygen atoms in total. The molecule has 1 aromatic heterocycles. The predicted octanol–water partition coefficient (Wildman–Crippen LogP) is 3.39. The smallest absolute Gasteiger partial charge is 0.412 e. The van der Waals surface area contributed by atoms with Gasteiger partial charge in [-0.15, -0.1) is 0 Å². The quantitative estimate of drug-likeness (QED) is 0.851. The summed E-state index contributed by atoms with van der Waals surface area (Å²) in [5.41, 5.74) is 1.04. The molecule has 0 bridgehead atoms. The highest BCUT2D eigenvalue weighted by atomic mass is 16.6. The van der Waals surface area contributed by atoms with Crippen molar-refractivity contribution >= 4 is 29.0 Å². The molecule has 1 heterocycles. The van der Waals surface area contributed by atoms with Gasteiger partial charge in [-0.2, -0.15) is 0 Å². The fraction of sp³-hybridized carbons (Fsp3) is 0.267. The van der Waals surface area contributed by atoms with Crippen LogP contribution in [0.25, 0.3) is 10.9 Å². The van der Waals surface area contributed by atoms with Crippen LogP contribution in [0.15, 0.2) is 30.3 Å². The average Bonchev–Trinajstić information content (AvgIpc) is 2.36. The number of benzene rings is 1. The van der Waals surface area contributed by atoms with Gasteiger partial charge in [-0.05, 0) is 45.0 Å². The first-order chi connectivity index (χ1) is 9.39. The number of pyridine rings is 1. The van der Waals surface area contributed by atoms with Crippen molar-refractivity contribution < 1.29 is 14.3 Å². The third kappa shape index (κ3) is 3.32. The van der Waals surface area contributed by atoms with E-state index >= 15 is 0 Å². The van der Waals surface area contributed by atoms with E-state index in [1.165, 1.54) is 0 Å². The zero-order valence-electron chi connectivity index (χ0n) is 11.6. The number of rotatable bonds is 2. The van der Waals surface area contributed by atoms with Crippen LogP contribution < -0.4 is 5.32 Å². The summed E-state index contributed by atoms with van der Waals surface area (Å²) in [6.07, 6.45) is 0.164. The Labute approximate surface area is 117 Å². The van der Waals surface area contributed by atoms with E-state index in [0.29, 0.717) is 23.2 Å². The van der Waals surface area contributed by atoms with Crippen LogP contribution in [0, 0.1) is 0 Å². The van der Waals surface area contributed by atoms with Gasteiger partial charge < -0.3 is 4.74 Å². The summed E-state index contributed by atoms with van der Waals surface area (Å²) in [6.45, 7) is 5.40. The molecule has 0 radical (unpaired) electrons. The van der Waals surface area contributed by atoms with E-state index in [9.17, 15) is 9.59 Å². The van der Waals surface area contributed by atoms with E-state index < -0.39 is 11.7 Å². The van der Waals surface area contributed by atoms with Gasteiger partial charge in [-0.25, -0.2) is 9.78 Å². The maximum atomic E-state index is 11.8. The summed E-state index contributed by atoms with van der Waals surface area (Å²) >= 11 is 0. The second kappa shape index (κ2) is 5.28. The van der Waals surface area contributed by atoms with Crippen LogP contribution in [0.4, 0.5) is 10.5 Å². The largest absolute Gasteiger partial charge is 0.444 e. The molecule has 0 fully saturated rings. The molecule has 0 saturated heterocycles. The highest BCUT2D eigenvalue weighted by molar-refractivity contribution is 5.99. The molecule has 20 heavy (non-hydrogen) atoms. The van der Waals surface area contributed by atoms with Crippen molar-refractivity contribution in [1.82, 2.24) is 4.98 Å². The number of anilines is 1. The molecule has 5 heteroatoms. The Morgan fingerprint density at radius 1 is 1.25 bits per heavy atom. The Hall–Kier alpha value is -2.43. The second-order valence-electron chi connectivity index (χ2n) is 5.35. The van der Waals surface area contributed by atoms with Crippen LogP contribution in [0.3, 0.4) is 0 Å². The lowest BCUT2D eigenvalue weighted by Gasteiger charge is -2.20.